The summed E-state index contributed by atoms with van der Waals surface area (Å²) >= 11 is 1.57. The molecule has 3 rings (SSSR count). The van der Waals surface area contributed by atoms with E-state index in [2.05, 4.69) is 15.0 Å². The molecular formula is C10H9N5S. The molecule has 0 atom stereocenters. The summed E-state index contributed by atoms with van der Waals surface area (Å²) in [6, 6.07) is 3.75. The maximum atomic E-state index is 5.86. The Morgan fingerprint density at radius 3 is 3.12 bits per heavy atom. The fraction of sp³-hybridized carbons (Fsp3) is 0.100. The molecule has 0 aliphatic heterocycles. The number of nitrogens with zero attached hydrogens (tertiary/aromatic N) is 4. The van der Waals surface area contributed by atoms with Crippen molar-refractivity contribution in [2.75, 3.05) is 5.73 Å². The summed E-state index contributed by atoms with van der Waals surface area (Å²) in [5.41, 5.74) is 10.2. The minimum atomic E-state index is 0.474. The van der Waals surface area contributed by atoms with Crippen molar-refractivity contribution in [1.29, 1.82) is 0 Å². The highest BCUT2D eigenvalue weighted by atomic mass is 32.1. The predicted octanol–water partition coefficient (Wildman–Crippen LogP) is 1.52. The highest BCUT2D eigenvalue weighted by molar-refractivity contribution is 7.07. The van der Waals surface area contributed by atoms with E-state index in [0.717, 1.165) is 16.9 Å². The van der Waals surface area contributed by atoms with Crippen LogP contribution in [0.3, 0.4) is 0 Å². The molecule has 80 valence electrons. The zero-order valence-electron chi connectivity index (χ0n) is 8.37. The molecule has 0 saturated heterocycles. The van der Waals surface area contributed by atoms with E-state index in [1.54, 1.807) is 23.0 Å². The van der Waals surface area contributed by atoms with Crippen molar-refractivity contribution in [2.45, 2.75) is 6.54 Å². The molecule has 0 amide bonds. The molecule has 0 aliphatic carbocycles. The molecule has 0 saturated carbocycles. The number of fused-ring (bicyclic) bond motifs is 1. The van der Waals surface area contributed by atoms with Crippen molar-refractivity contribution in [3.05, 3.63) is 34.9 Å². The van der Waals surface area contributed by atoms with Crippen LogP contribution in [-0.2, 0) is 6.54 Å². The van der Waals surface area contributed by atoms with E-state index in [-0.39, 0.29) is 0 Å². The minimum Gasteiger partial charge on any atom is -0.369 e. The molecule has 0 bridgehead atoms. The van der Waals surface area contributed by atoms with Crippen LogP contribution in [0.5, 0.6) is 0 Å². The molecule has 0 aliphatic rings. The molecule has 16 heavy (non-hydrogen) atoms. The summed E-state index contributed by atoms with van der Waals surface area (Å²) in [6.07, 6.45) is 1.74. The molecule has 0 spiro atoms. The highest BCUT2D eigenvalue weighted by Crippen LogP contribution is 2.16. The second-order valence-electron chi connectivity index (χ2n) is 3.38. The third kappa shape index (κ3) is 1.43. The maximum absolute atomic E-state index is 5.86. The third-order valence-corrected chi connectivity index (χ3v) is 2.97. The normalized spacial score (nSPS) is 11.0. The van der Waals surface area contributed by atoms with Gasteiger partial charge in [-0.05, 0) is 12.1 Å². The van der Waals surface area contributed by atoms with Crippen LogP contribution < -0.4 is 5.73 Å². The largest absolute Gasteiger partial charge is 0.369 e. The summed E-state index contributed by atoms with van der Waals surface area (Å²) in [5.74, 6) is 0.474. The van der Waals surface area contributed by atoms with Gasteiger partial charge < -0.3 is 5.73 Å². The van der Waals surface area contributed by atoms with Gasteiger partial charge in [-0.15, -0.1) is 11.3 Å². The number of hydrogen-bond acceptors (Lipinski definition) is 5. The number of nitrogen functional groups attached to an aromatic ring is 1. The van der Waals surface area contributed by atoms with E-state index in [4.69, 9.17) is 5.73 Å². The maximum Gasteiger partial charge on any atom is 0.202 e. The zero-order valence-corrected chi connectivity index (χ0v) is 9.18. The number of thiazole rings is 1. The molecule has 0 radical (unpaired) electrons. The number of hydrogen-bond donors (Lipinski definition) is 1. The van der Waals surface area contributed by atoms with Gasteiger partial charge >= 0.3 is 0 Å². The Labute approximate surface area is 95.6 Å². The fourth-order valence-electron chi connectivity index (χ4n) is 1.61. The van der Waals surface area contributed by atoms with Gasteiger partial charge in [-0.25, -0.2) is 15.0 Å². The Balaban J connectivity index is 2.12. The Morgan fingerprint density at radius 1 is 1.38 bits per heavy atom. The average Bonchev–Trinajstić information content (AvgIpc) is 2.89. The first-order chi connectivity index (χ1) is 7.84. The number of anilines is 1. The van der Waals surface area contributed by atoms with Crippen LogP contribution in [0.15, 0.2) is 29.2 Å². The molecule has 0 aromatic carbocycles. The van der Waals surface area contributed by atoms with E-state index in [1.807, 2.05) is 22.1 Å². The van der Waals surface area contributed by atoms with E-state index < -0.39 is 0 Å². The molecular weight excluding hydrogens is 222 g/mol. The van der Waals surface area contributed by atoms with Gasteiger partial charge in [0, 0.05) is 11.6 Å². The number of aromatic nitrogens is 4. The molecule has 6 heteroatoms. The lowest BCUT2D eigenvalue weighted by Gasteiger charge is -2.02. The van der Waals surface area contributed by atoms with Gasteiger partial charge in [-0.1, -0.05) is 0 Å². The van der Waals surface area contributed by atoms with Gasteiger partial charge in [-0.2, -0.15) is 0 Å². The Kier molecular flexibility index (Phi) is 2.07. The number of pyridine rings is 1. The highest BCUT2D eigenvalue weighted by Gasteiger charge is 2.09. The first-order valence-corrected chi connectivity index (χ1v) is 5.72. The van der Waals surface area contributed by atoms with E-state index in [1.165, 1.54) is 0 Å². The van der Waals surface area contributed by atoms with Crippen molar-refractivity contribution in [2.24, 2.45) is 0 Å². The Morgan fingerprint density at radius 2 is 2.31 bits per heavy atom. The molecule has 5 nitrogen and oxygen atoms in total. The molecule has 3 aromatic heterocycles. The number of imidazole rings is 1. The zero-order chi connectivity index (χ0) is 11.0. The minimum absolute atomic E-state index is 0.474. The lowest BCUT2D eigenvalue weighted by Crippen LogP contribution is -2.05. The van der Waals surface area contributed by atoms with E-state index in [9.17, 15) is 0 Å². The van der Waals surface area contributed by atoms with Gasteiger partial charge in [0.1, 0.15) is 5.52 Å². The van der Waals surface area contributed by atoms with Gasteiger partial charge in [-0.3, -0.25) is 4.57 Å². The fourth-order valence-corrected chi connectivity index (χ4v) is 2.16. The summed E-state index contributed by atoms with van der Waals surface area (Å²) < 4.78 is 1.87. The topological polar surface area (TPSA) is 69.6 Å². The molecule has 2 N–H and O–H groups in total. The van der Waals surface area contributed by atoms with Gasteiger partial charge in [0.2, 0.25) is 5.95 Å². The van der Waals surface area contributed by atoms with Crippen LogP contribution in [0.1, 0.15) is 5.69 Å². The van der Waals surface area contributed by atoms with Crippen molar-refractivity contribution in [3.8, 4) is 0 Å². The van der Waals surface area contributed by atoms with Crippen molar-refractivity contribution in [1.82, 2.24) is 19.5 Å². The average molecular weight is 231 g/mol. The lowest BCUT2D eigenvalue weighted by atomic mass is 10.4. The summed E-state index contributed by atoms with van der Waals surface area (Å²) in [4.78, 5) is 12.8. The molecule has 3 aromatic rings. The Bertz CT molecular complexity index is 613. The number of nitrogens with two attached hydrogens (primary N) is 1. The van der Waals surface area contributed by atoms with Crippen LogP contribution in [0.25, 0.3) is 11.2 Å². The van der Waals surface area contributed by atoms with E-state index >= 15 is 0 Å². The molecule has 0 fully saturated rings. The van der Waals surface area contributed by atoms with Crippen LogP contribution in [0.4, 0.5) is 5.95 Å². The summed E-state index contributed by atoms with van der Waals surface area (Å²) in [5, 5.41) is 1.99. The van der Waals surface area contributed by atoms with Gasteiger partial charge in [0.15, 0.2) is 5.65 Å². The quantitative estimate of drug-likeness (QED) is 0.726. The first kappa shape index (κ1) is 9.29. The Hall–Kier alpha value is -1.95. The van der Waals surface area contributed by atoms with Gasteiger partial charge in [0.25, 0.3) is 0 Å². The lowest BCUT2D eigenvalue weighted by molar-refractivity contribution is 0.807. The predicted molar refractivity (Wildman–Crippen MR) is 63.2 cm³/mol. The standard InChI is InChI=1S/C10H9N5S/c11-10-14-8-2-1-3-12-9(8)15(10)4-7-5-16-6-13-7/h1-3,5-6H,4H2,(H2,11,14). The van der Waals surface area contributed by atoms with Crippen molar-refractivity contribution < 1.29 is 0 Å². The second kappa shape index (κ2) is 3.57. The van der Waals surface area contributed by atoms with E-state index in [0.29, 0.717) is 12.5 Å². The van der Waals surface area contributed by atoms with Crippen LogP contribution in [-0.4, -0.2) is 19.5 Å². The molecule has 0 unspecified atom stereocenters. The number of rotatable bonds is 2. The summed E-state index contributed by atoms with van der Waals surface area (Å²) in [6.45, 7) is 0.614. The van der Waals surface area contributed by atoms with Crippen LogP contribution in [0, 0.1) is 0 Å². The van der Waals surface area contributed by atoms with Crippen molar-refractivity contribution >= 4 is 28.4 Å². The van der Waals surface area contributed by atoms with Crippen molar-refractivity contribution in [3.63, 3.8) is 0 Å². The monoisotopic (exact) mass is 231 g/mol. The van der Waals surface area contributed by atoms with Crippen LogP contribution >= 0.6 is 11.3 Å². The SMILES string of the molecule is Nc1nc2cccnc2n1Cc1cscn1. The second-order valence-corrected chi connectivity index (χ2v) is 4.10. The van der Waals surface area contributed by atoms with Gasteiger partial charge in [0.05, 0.1) is 17.7 Å². The molecule has 3 heterocycles. The summed E-state index contributed by atoms with van der Waals surface area (Å²) in [7, 11) is 0. The third-order valence-electron chi connectivity index (χ3n) is 2.34. The first-order valence-electron chi connectivity index (χ1n) is 4.78. The van der Waals surface area contributed by atoms with Crippen LogP contribution in [0.2, 0.25) is 0 Å². The smallest absolute Gasteiger partial charge is 0.202 e.